The molecule has 8 heteroatoms. The van der Waals surface area contributed by atoms with Gasteiger partial charge in [-0.05, 0) is 40.5 Å². The average Bonchev–Trinajstić information content (AvgIpc) is 3.10. The van der Waals surface area contributed by atoms with Crippen LogP contribution in [0.1, 0.15) is 22.2 Å². The molecule has 144 valence electrons. The van der Waals surface area contributed by atoms with Gasteiger partial charge in [-0.15, -0.1) is 11.3 Å². The molecule has 0 aliphatic rings. The Balaban J connectivity index is 1.81. The Morgan fingerprint density at radius 3 is 2.41 bits per heavy atom. The molecule has 0 aliphatic heterocycles. The van der Waals surface area contributed by atoms with Gasteiger partial charge >= 0.3 is 0 Å². The second-order valence-electron chi connectivity index (χ2n) is 5.94. The minimum absolute atomic E-state index is 0.0912. The molecule has 0 aliphatic carbocycles. The number of nitrogens with zero attached hydrogens (tertiary/aromatic N) is 2. The van der Waals surface area contributed by atoms with E-state index in [9.17, 15) is 14.4 Å². The molecular formula is C19H22BrN3O3S. The molecular weight excluding hydrogens is 430 g/mol. The van der Waals surface area contributed by atoms with Gasteiger partial charge in [0.2, 0.25) is 11.8 Å². The predicted molar refractivity (Wildman–Crippen MR) is 110 cm³/mol. The molecule has 0 unspecified atom stereocenters. The summed E-state index contributed by atoms with van der Waals surface area (Å²) in [6, 6.07) is 13.2. The van der Waals surface area contributed by atoms with Gasteiger partial charge in [-0.25, -0.2) is 0 Å². The molecule has 0 bridgehead atoms. The summed E-state index contributed by atoms with van der Waals surface area (Å²) in [5.41, 5.74) is 1.03. The maximum absolute atomic E-state index is 12.4. The summed E-state index contributed by atoms with van der Waals surface area (Å²) >= 11 is 4.62. The minimum atomic E-state index is -0.370. The highest BCUT2D eigenvalue weighted by Crippen LogP contribution is 2.22. The maximum Gasteiger partial charge on any atom is 0.264 e. The van der Waals surface area contributed by atoms with Crippen molar-refractivity contribution in [3.63, 3.8) is 0 Å². The largest absolute Gasteiger partial charge is 0.345 e. The van der Waals surface area contributed by atoms with E-state index in [4.69, 9.17) is 0 Å². The lowest BCUT2D eigenvalue weighted by atomic mass is 10.2. The molecule has 0 saturated carbocycles. The molecule has 1 aromatic heterocycles. The van der Waals surface area contributed by atoms with Crippen LogP contribution >= 0.6 is 27.3 Å². The fraction of sp³-hybridized carbons (Fsp3) is 0.316. The number of halogens is 1. The Morgan fingerprint density at radius 1 is 1.11 bits per heavy atom. The first-order valence-corrected chi connectivity index (χ1v) is 10.1. The van der Waals surface area contributed by atoms with Crippen molar-refractivity contribution in [1.29, 1.82) is 0 Å². The first-order chi connectivity index (χ1) is 12.9. The molecule has 27 heavy (non-hydrogen) atoms. The van der Waals surface area contributed by atoms with Gasteiger partial charge < -0.3 is 15.1 Å². The predicted octanol–water partition coefficient (Wildman–Crippen LogP) is 2.75. The van der Waals surface area contributed by atoms with Crippen LogP contribution < -0.4 is 5.32 Å². The van der Waals surface area contributed by atoms with E-state index in [0.29, 0.717) is 18.0 Å². The number of thiophene rings is 1. The topological polar surface area (TPSA) is 69.7 Å². The van der Waals surface area contributed by atoms with Gasteiger partial charge in [-0.3, -0.25) is 14.4 Å². The second kappa shape index (κ2) is 10.2. The van der Waals surface area contributed by atoms with Crippen molar-refractivity contribution in [2.24, 2.45) is 0 Å². The fourth-order valence-corrected chi connectivity index (χ4v) is 3.81. The van der Waals surface area contributed by atoms with Crippen LogP contribution in [0.25, 0.3) is 0 Å². The van der Waals surface area contributed by atoms with Gasteiger partial charge in [0.15, 0.2) is 0 Å². The lowest BCUT2D eigenvalue weighted by molar-refractivity contribution is -0.133. The van der Waals surface area contributed by atoms with Crippen LogP contribution in [-0.4, -0.2) is 54.2 Å². The van der Waals surface area contributed by atoms with Gasteiger partial charge in [0.25, 0.3) is 5.91 Å². The summed E-state index contributed by atoms with van der Waals surface area (Å²) < 4.78 is 0.854. The van der Waals surface area contributed by atoms with E-state index in [2.05, 4.69) is 21.2 Å². The van der Waals surface area contributed by atoms with Crippen molar-refractivity contribution < 1.29 is 14.4 Å². The summed E-state index contributed by atoms with van der Waals surface area (Å²) in [4.78, 5) is 40.2. The Kier molecular flexibility index (Phi) is 7.99. The highest BCUT2D eigenvalue weighted by Gasteiger charge is 2.18. The van der Waals surface area contributed by atoms with E-state index in [1.165, 1.54) is 16.2 Å². The van der Waals surface area contributed by atoms with Crippen molar-refractivity contribution in [3.8, 4) is 0 Å². The van der Waals surface area contributed by atoms with Crippen molar-refractivity contribution >= 4 is 45.0 Å². The van der Waals surface area contributed by atoms with Crippen molar-refractivity contribution in [3.05, 3.63) is 56.7 Å². The van der Waals surface area contributed by atoms with Gasteiger partial charge in [-0.1, -0.05) is 30.3 Å². The highest BCUT2D eigenvalue weighted by molar-refractivity contribution is 9.11. The van der Waals surface area contributed by atoms with Crippen molar-refractivity contribution in [2.75, 3.05) is 26.7 Å². The molecule has 2 rings (SSSR count). The average molecular weight is 452 g/mol. The van der Waals surface area contributed by atoms with E-state index in [1.807, 2.05) is 37.3 Å². The normalized spacial score (nSPS) is 10.3. The first-order valence-electron chi connectivity index (χ1n) is 8.50. The van der Waals surface area contributed by atoms with Crippen LogP contribution in [0.5, 0.6) is 0 Å². The summed E-state index contributed by atoms with van der Waals surface area (Å²) in [7, 11) is 1.56. The number of benzene rings is 1. The second-order valence-corrected chi connectivity index (χ2v) is 8.40. The molecule has 3 amide bonds. The number of likely N-dealkylation sites (N-methyl/N-ethyl adjacent to an activating group) is 2. The molecule has 1 N–H and O–H groups in total. The van der Waals surface area contributed by atoms with Crippen molar-refractivity contribution in [1.82, 2.24) is 15.1 Å². The number of amides is 3. The number of hydrogen-bond donors (Lipinski definition) is 1. The lowest BCUT2D eigenvalue weighted by Crippen LogP contribution is -2.43. The van der Waals surface area contributed by atoms with Crippen LogP contribution in [-0.2, 0) is 16.1 Å². The summed E-state index contributed by atoms with van der Waals surface area (Å²) in [5.74, 6) is -0.761. The molecule has 2 aromatic rings. The fourth-order valence-electron chi connectivity index (χ4n) is 2.43. The zero-order valence-corrected chi connectivity index (χ0v) is 17.7. The molecule has 0 fully saturated rings. The Bertz CT molecular complexity index is 795. The Hall–Kier alpha value is -2.19. The van der Waals surface area contributed by atoms with E-state index in [0.717, 1.165) is 9.35 Å². The molecule has 6 nitrogen and oxygen atoms in total. The smallest absolute Gasteiger partial charge is 0.264 e. The van der Waals surface area contributed by atoms with Crippen LogP contribution in [0.2, 0.25) is 0 Å². The van der Waals surface area contributed by atoms with Gasteiger partial charge in [0, 0.05) is 20.1 Å². The van der Waals surface area contributed by atoms with Crippen LogP contribution in [0.15, 0.2) is 46.3 Å². The summed E-state index contributed by atoms with van der Waals surface area (Å²) in [6.45, 7) is 2.75. The molecule has 0 atom stereocenters. The van der Waals surface area contributed by atoms with Crippen molar-refractivity contribution in [2.45, 2.75) is 13.5 Å². The zero-order chi connectivity index (χ0) is 19.8. The third kappa shape index (κ3) is 6.48. The highest BCUT2D eigenvalue weighted by atomic mass is 79.9. The number of carbonyl (C=O) groups is 3. The summed E-state index contributed by atoms with van der Waals surface area (Å²) in [6.07, 6.45) is 0. The minimum Gasteiger partial charge on any atom is -0.345 e. The van der Waals surface area contributed by atoms with E-state index < -0.39 is 0 Å². The van der Waals surface area contributed by atoms with E-state index >= 15 is 0 Å². The van der Waals surface area contributed by atoms with Crippen LogP contribution in [0.3, 0.4) is 0 Å². The third-order valence-electron chi connectivity index (χ3n) is 3.90. The molecule has 1 heterocycles. The molecule has 0 spiro atoms. The molecule has 0 saturated heterocycles. The van der Waals surface area contributed by atoms with Gasteiger partial charge in [0.05, 0.1) is 21.8 Å². The number of nitrogens with one attached hydrogen (secondary N) is 1. The monoisotopic (exact) mass is 451 g/mol. The quantitative estimate of drug-likeness (QED) is 0.670. The molecule has 0 radical (unpaired) electrons. The lowest BCUT2D eigenvalue weighted by Gasteiger charge is -2.22. The number of carbonyl (C=O) groups excluding carboxylic acids is 3. The zero-order valence-electron chi connectivity index (χ0n) is 15.3. The van der Waals surface area contributed by atoms with Gasteiger partial charge in [0.1, 0.15) is 0 Å². The van der Waals surface area contributed by atoms with Gasteiger partial charge in [-0.2, -0.15) is 0 Å². The summed E-state index contributed by atoms with van der Waals surface area (Å²) in [5, 5.41) is 2.60. The Morgan fingerprint density at radius 2 is 1.81 bits per heavy atom. The molecule has 1 aromatic carbocycles. The van der Waals surface area contributed by atoms with Crippen LogP contribution in [0, 0.1) is 0 Å². The van der Waals surface area contributed by atoms with Crippen LogP contribution in [0.4, 0.5) is 0 Å². The standard InChI is InChI=1S/C19H22BrN3O3S/c1-3-23(12-14-7-5-4-6-8-14)18(25)11-21-17(24)13-22(2)19(26)15-9-10-16(20)27-15/h4-10H,3,11-13H2,1-2H3,(H,21,24). The Labute approximate surface area is 171 Å². The number of rotatable bonds is 8. The SMILES string of the molecule is CCN(Cc1ccccc1)C(=O)CNC(=O)CN(C)C(=O)c1ccc(Br)s1. The first kappa shape index (κ1) is 21.1. The number of hydrogen-bond acceptors (Lipinski definition) is 4. The maximum atomic E-state index is 12.4. The van der Waals surface area contributed by atoms with E-state index in [-0.39, 0.29) is 30.8 Å². The van der Waals surface area contributed by atoms with E-state index in [1.54, 1.807) is 24.1 Å². The third-order valence-corrected chi connectivity index (χ3v) is 5.51.